The van der Waals surface area contributed by atoms with Crippen molar-refractivity contribution in [1.29, 1.82) is 0 Å². The zero-order valence-electron chi connectivity index (χ0n) is 11.3. The maximum atomic E-state index is 3.79. The fourth-order valence-corrected chi connectivity index (χ4v) is 3.85. The van der Waals surface area contributed by atoms with Gasteiger partial charge in [0.05, 0.1) is 0 Å². The normalized spacial score (nSPS) is 20.6. The molecule has 1 N–H and O–H groups in total. The molecular formula is C15H25NS. The van der Waals surface area contributed by atoms with E-state index >= 15 is 0 Å². The number of rotatable bonds is 5. The van der Waals surface area contributed by atoms with E-state index in [1.807, 2.05) is 11.3 Å². The van der Waals surface area contributed by atoms with Crippen molar-refractivity contribution < 1.29 is 0 Å². The Morgan fingerprint density at radius 2 is 2.00 bits per heavy atom. The fraction of sp³-hybridized carbons (Fsp3) is 0.733. The topological polar surface area (TPSA) is 12.0 Å². The average molecular weight is 251 g/mol. The summed E-state index contributed by atoms with van der Waals surface area (Å²) in [5, 5.41) is 3.79. The lowest BCUT2D eigenvalue weighted by atomic mass is 9.99. The van der Waals surface area contributed by atoms with Crippen molar-refractivity contribution in [2.75, 3.05) is 0 Å². The second-order valence-corrected chi connectivity index (χ2v) is 6.58. The fourth-order valence-electron chi connectivity index (χ4n) is 2.89. The van der Waals surface area contributed by atoms with Gasteiger partial charge < -0.3 is 5.32 Å². The Balaban J connectivity index is 1.89. The van der Waals surface area contributed by atoms with Crippen LogP contribution in [-0.4, -0.2) is 6.04 Å². The van der Waals surface area contributed by atoms with Crippen molar-refractivity contribution >= 4 is 11.3 Å². The molecular weight excluding hydrogens is 226 g/mol. The zero-order valence-corrected chi connectivity index (χ0v) is 12.1. The lowest BCUT2D eigenvalue weighted by molar-refractivity contribution is 0.354. The summed E-state index contributed by atoms with van der Waals surface area (Å²) in [5.41, 5.74) is 0. The van der Waals surface area contributed by atoms with Crippen LogP contribution in [0.1, 0.15) is 62.3 Å². The molecule has 96 valence electrons. The molecule has 2 rings (SSSR count). The van der Waals surface area contributed by atoms with Crippen LogP contribution in [0, 0.1) is 5.92 Å². The van der Waals surface area contributed by atoms with Crippen LogP contribution < -0.4 is 5.32 Å². The molecule has 0 bridgehead atoms. The number of nitrogens with one attached hydrogen (secondary N) is 1. The molecule has 1 nitrogen and oxygen atoms in total. The van der Waals surface area contributed by atoms with E-state index < -0.39 is 0 Å². The van der Waals surface area contributed by atoms with Gasteiger partial charge in [-0.05, 0) is 51.2 Å². The average Bonchev–Trinajstić information content (AvgIpc) is 3.00. The van der Waals surface area contributed by atoms with Crippen LogP contribution in [0.2, 0.25) is 0 Å². The number of hydrogen-bond acceptors (Lipinski definition) is 2. The Bertz CT molecular complexity index is 338. The highest BCUT2D eigenvalue weighted by molar-refractivity contribution is 7.12. The quantitative estimate of drug-likeness (QED) is 0.810. The Morgan fingerprint density at radius 3 is 2.59 bits per heavy atom. The van der Waals surface area contributed by atoms with Gasteiger partial charge in [-0.2, -0.15) is 0 Å². The highest BCUT2D eigenvalue weighted by Crippen LogP contribution is 2.30. The molecule has 1 aromatic heterocycles. The van der Waals surface area contributed by atoms with Crippen molar-refractivity contribution in [3.8, 4) is 0 Å². The van der Waals surface area contributed by atoms with Crippen LogP contribution in [0.5, 0.6) is 0 Å². The summed E-state index contributed by atoms with van der Waals surface area (Å²) in [6, 6.07) is 5.75. The highest BCUT2D eigenvalue weighted by Gasteiger charge is 2.23. The molecule has 1 heterocycles. The Morgan fingerprint density at radius 1 is 1.29 bits per heavy atom. The summed E-state index contributed by atoms with van der Waals surface area (Å²) in [5.74, 6) is 0.906. The molecule has 1 fully saturated rings. The molecule has 1 aliphatic carbocycles. The van der Waals surface area contributed by atoms with Gasteiger partial charge in [-0.3, -0.25) is 0 Å². The maximum absolute atomic E-state index is 3.79. The SMILES string of the molecule is CCc1ccc(C(C)N[C@@H](C)C2CCCC2)s1. The van der Waals surface area contributed by atoms with Crippen LogP contribution in [-0.2, 0) is 6.42 Å². The molecule has 1 aliphatic rings. The highest BCUT2D eigenvalue weighted by atomic mass is 32.1. The summed E-state index contributed by atoms with van der Waals surface area (Å²) in [4.78, 5) is 2.99. The van der Waals surface area contributed by atoms with Crippen LogP contribution >= 0.6 is 11.3 Å². The van der Waals surface area contributed by atoms with Crippen molar-refractivity contribution in [3.05, 3.63) is 21.9 Å². The molecule has 1 unspecified atom stereocenters. The summed E-state index contributed by atoms with van der Waals surface area (Å²) in [6.07, 6.45) is 6.88. The van der Waals surface area contributed by atoms with Crippen LogP contribution in [0.15, 0.2) is 12.1 Å². The minimum atomic E-state index is 0.510. The third kappa shape index (κ3) is 3.32. The largest absolute Gasteiger partial charge is 0.307 e. The van der Waals surface area contributed by atoms with Gasteiger partial charge in [0.2, 0.25) is 0 Å². The van der Waals surface area contributed by atoms with Crippen LogP contribution in [0.4, 0.5) is 0 Å². The van der Waals surface area contributed by atoms with Gasteiger partial charge in [-0.15, -0.1) is 11.3 Å². The molecule has 0 amide bonds. The predicted molar refractivity (Wildman–Crippen MR) is 76.7 cm³/mol. The van der Waals surface area contributed by atoms with E-state index in [0.717, 1.165) is 12.3 Å². The second kappa shape index (κ2) is 6.01. The first-order valence-corrected chi connectivity index (χ1v) is 7.87. The van der Waals surface area contributed by atoms with Gasteiger partial charge in [0.1, 0.15) is 0 Å². The molecule has 2 atom stereocenters. The van der Waals surface area contributed by atoms with E-state index in [9.17, 15) is 0 Å². The Hall–Kier alpha value is -0.340. The molecule has 0 radical (unpaired) electrons. The monoisotopic (exact) mass is 251 g/mol. The molecule has 2 heteroatoms. The summed E-state index contributed by atoms with van der Waals surface area (Å²) < 4.78 is 0. The number of thiophene rings is 1. The maximum Gasteiger partial charge on any atom is 0.0388 e. The van der Waals surface area contributed by atoms with Gasteiger partial charge in [-0.1, -0.05) is 19.8 Å². The van der Waals surface area contributed by atoms with Crippen molar-refractivity contribution in [3.63, 3.8) is 0 Å². The zero-order chi connectivity index (χ0) is 12.3. The number of hydrogen-bond donors (Lipinski definition) is 1. The van der Waals surface area contributed by atoms with Gasteiger partial charge in [-0.25, -0.2) is 0 Å². The van der Waals surface area contributed by atoms with Crippen LogP contribution in [0.25, 0.3) is 0 Å². The first-order chi connectivity index (χ1) is 8.20. The third-order valence-corrected chi connectivity index (χ3v) is 5.49. The van der Waals surface area contributed by atoms with E-state index in [1.54, 1.807) is 0 Å². The van der Waals surface area contributed by atoms with Crippen molar-refractivity contribution in [2.45, 2.75) is 65.0 Å². The third-order valence-electron chi connectivity index (χ3n) is 4.08. The molecule has 0 aromatic carbocycles. The van der Waals surface area contributed by atoms with Gasteiger partial charge in [0, 0.05) is 21.8 Å². The minimum absolute atomic E-state index is 0.510. The van der Waals surface area contributed by atoms with E-state index in [-0.39, 0.29) is 0 Å². The first kappa shape index (κ1) is 13.1. The molecule has 17 heavy (non-hydrogen) atoms. The summed E-state index contributed by atoms with van der Waals surface area (Å²) >= 11 is 1.96. The second-order valence-electron chi connectivity index (χ2n) is 5.38. The lowest BCUT2D eigenvalue weighted by Crippen LogP contribution is -2.33. The van der Waals surface area contributed by atoms with Crippen molar-refractivity contribution in [1.82, 2.24) is 5.32 Å². The smallest absolute Gasteiger partial charge is 0.0388 e. The van der Waals surface area contributed by atoms with E-state index in [0.29, 0.717) is 12.1 Å². The summed E-state index contributed by atoms with van der Waals surface area (Å²) in [7, 11) is 0. The molecule has 1 aromatic rings. The lowest BCUT2D eigenvalue weighted by Gasteiger charge is -2.24. The van der Waals surface area contributed by atoms with Gasteiger partial charge >= 0.3 is 0 Å². The first-order valence-electron chi connectivity index (χ1n) is 7.05. The van der Waals surface area contributed by atoms with Crippen molar-refractivity contribution in [2.24, 2.45) is 5.92 Å². The standard InChI is InChI=1S/C15H25NS/c1-4-14-9-10-15(17-14)12(3)16-11(2)13-7-5-6-8-13/h9-13,16H,4-8H2,1-3H3/t11-,12?/m0/s1. The summed E-state index contributed by atoms with van der Waals surface area (Å²) in [6.45, 7) is 6.90. The number of aryl methyl sites for hydroxylation is 1. The van der Waals surface area contributed by atoms with Gasteiger partial charge in [0.15, 0.2) is 0 Å². The molecule has 1 saturated carbocycles. The Labute approximate surface area is 110 Å². The van der Waals surface area contributed by atoms with E-state index in [4.69, 9.17) is 0 Å². The van der Waals surface area contributed by atoms with E-state index in [2.05, 4.69) is 38.2 Å². The van der Waals surface area contributed by atoms with Gasteiger partial charge in [0.25, 0.3) is 0 Å². The Kier molecular flexibility index (Phi) is 4.63. The molecule has 0 spiro atoms. The van der Waals surface area contributed by atoms with Crippen LogP contribution in [0.3, 0.4) is 0 Å². The predicted octanol–water partition coefficient (Wildman–Crippen LogP) is 4.54. The molecule has 0 saturated heterocycles. The van der Waals surface area contributed by atoms with E-state index in [1.165, 1.54) is 35.4 Å². The molecule has 0 aliphatic heterocycles. The minimum Gasteiger partial charge on any atom is -0.307 e.